The smallest absolute Gasteiger partial charge is 0.272 e. The molecule has 2 atom stereocenters. The minimum absolute atomic E-state index is 0.270. The molecule has 0 amide bonds. The fraction of sp³-hybridized carbons (Fsp3) is 0.750. The van der Waals surface area contributed by atoms with Gasteiger partial charge in [-0.05, 0) is 19.9 Å². The zero-order chi connectivity index (χ0) is 7.56. The highest BCUT2D eigenvalue weighted by Gasteiger charge is 2.21. The molecule has 58 valence electrons. The second kappa shape index (κ2) is 2.95. The Morgan fingerprint density at radius 2 is 2.30 bits per heavy atom. The van der Waals surface area contributed by atoms with E-state index in [1.54, 1.807) is 0 Å². The van der Waals surface area contributed by atoms with Crippen LogP contribution in [-0.2, 0) is 9.47 Å². The van der Waals surface area contributed by atoms with Crippen LogP contribution >= 0.6 is 0 Å². The first-order valence-electron chi connectivity index (χ1n) is 3.74. The van der Waals surface area contributed by atoms with Gasteiger partial charge in [-0.3, -0.25) is 0 Å². The molecule has 10 heavy (non-hydrogen) atoms. The fourth-order valence-corrected chi connectivity index (χ4v) is 1.15. The molecule has 0 spiro atoms. The molecule has 1 aliphatic rings. The van der Waals surface area contributed by atoms with E-state index >= 15 is 0 Å². The molecule has 1 fully saturated rings. The van der Waals surface area contributed by atoms with Crippen molar-refractivity contribution in [1.29, 1.82) is 0 Å². The average Bonchev–Trinajstić information content (AvgIpc) is 1.85. The highest BCUT2D eigenvalue weighted by Crippen LogP contribution is 2.20. The van der Waals surface area contributed by atoms with E-state index in [9.17, 15) is 0 Å². The van der Waals surface area contributed by atoms with Crippen LogP contribution in [0.4, 0.5) is 0 Å². The second-order valence-electron chi connectivity index (χ2n) is 2.68. The van der Waals surface area contributed by atoms with E-state index in [1.807, 2.05) is 6.92 Å². The standard InChI is InChI=1S/C8H14O2/c1-4-8-5-6(2)9-7(3)10-8/h6,8H,3-5H2,1-2H3. The highest BCUT2D eigenvalue weighted by molar-refractivity contribution is 4.79. The monoisotopic (exact) mass is 142 g/mol. The van der Waals surface area contributed by atoms with Crippen molar-refractivity contribution in [3.63, 3.8) is 0 Å². The van der Waals surface area contributed by atoms with Gasteiger partial charge in [-0.25, -0.2) is 0 Å². The maximum Gasteiger partial charge on any atom is 0.272 e. The predicted octanol–water partition coefficient (Wildman–Crippen LogP) is 2.06. The van der Waals surface area contributed by atoms with E-state index in [0.717, 1.165) is 12.8 Å². The summed E-state index contributed by atoms with van der Waals surface area (Å²) in [5.41, 5.74) is 0. The minimum Gasteiger partial charge on any atom is -0.463 e. The van der Waals surface area contributed by atoms with Gasteiger partial charge in [0.25, 0.3) is 5.95 Å². The van der Waals surface area contributed by atoms with E-state index in [-0.39, 0.29) is 6.10 Å². The SMILES string of the molecule is C=C1OC(C)CC(CC)O1. The van der Waals surface area contributed by atoms with Crippen molar-refractivity contribution in [3.8, 4) is 0 Å². The molecule has 0 aromatic heterocycles. The van der Waals surface area contributed by atoms with Gasteiger partial charge < -0.3 is 9.47 Å². The Labute approximate surface area is 61.8 Å². The molecule has 0 saturated carbocycles. The number of rotatable bonds is 1. The van der Waals surface area contributed by atoms with Crippen LogP contribution in [0.2, 0.25) is 0 Å². The van der Waals surface area contributed by atoms with Crippen molar-refractivity contribution >= 4 is 0 Å². The average molecular weight is 142 g/mol. The lowest BCUT2D eigenvalue weighted by atomic mass is 10.1. The first-order valence-corrected chi connectivity index (χ1v) is 3.74. The van der Waals surface area contributed by atoms with Gasteiger partial charge in [-0.1, -0.05) is 6.92 Å². The van der Waals surface area contributed by atoms with Crippen LogP contribution in [-0.4, -0.2) is 12.2 Å². The Bertz CT molecular complexity index is 131. The van der Waals surface area contributed by atoms with Crippen LogP contribution in [0.1, 0.15) is 26.7 Å². The highest BCUT2D eigenvalue weighted by atomic mass is 16.7. The molecule has 0 aromatic carbocycles. The largest absolute Gasteiger partial charge is 0.463 e. The molecule has 0 aromatic rings. The molecule has 1 heterocycles. The molecule has 2 unspecified atom stereocenters. The molecule has 1 saturated heterocycles. The summed E-state index contributed by atoms with van der Waals surface area (Å²) in [5.74, 6) is 0.477. The van der Waals surface area contributed by atoms with Gasteiger partial charge in [-0.2, -0.15) is 0 Å². The van der Waals surface area contributed by atoms with Gasteiger partial charge in [-0.15, -0.1) is 0 Å². The van der Waals surface area contributed by atoms with Gasteiger partial charge in [0.15, 0.2) is 0 Å². The van der Waals surface area contributed by atoms with Crippen molar-refractivity contribution < 1.29 is 9.47 Å². The molecular formula is C8H14O2. The maximum absolute atomic E-state index is 5.29. The third kappa shape index (κ3) is 1.66. The summed E-state index contributed by atoms with van der Waals surface area (Å²) in [7, 11) is 0. The first-order chi connectivity index (χ1) is 4.72. The van der Waals surface area contributed by atoms with Gasteiger partial charge in [0, 0.05) is 6.42 Å². The molecule has 2 nitrogen and oxygen atoms in total. The van der Waals surface area contributed by atoms with E-state index in [1.165, 1.54) is 0 Å². The van der Waals surface area contributed by atoms with Crippen molar-refractivity contribution in [2.75, 3.05) is 0 Å². The summed E-state index contributed by atoms with van der Waals surface area (Å²) in [6.45, 7) is 7.76. The summed E-state index contributed by atoms with van der Waals surface area (Å²) in [4.78, 5) is 0. The second-order valence-corrected chi connectivity index (χ2v) is 2.68. The van der Waals surface area contributed by atoms with Crippen molar-refractivity contribution in [3.05, 3.63) is 12.5 Å². The normalized spacial score (nSPS) is 32.8. The van der Waals surface area contributed by atoms with Gasteiger partial charge in [0.1, 0.15) is 12.2 Å². The summed E-state index contributed by atoms with van der Waals surface area (Å²) < 4.78 is 10.5. The van der Waals surface area contributed by atoms with Crippen LogP contribution in [0.3, 0.4) is 0 Å². The van der Waals surface area contributed by atoms with E-state index < -0.39 is 0 Å². The van der Waals surface area contributed by atoms with E-state index in [4.69, 9.17) is 9.47 Å². The van der Waals surface area contributed by atoms with Crippen molar-refractivity contribution in [2.45, 2.75) is 38.9 Å². The molecule has 0 aliphatic carbocycles. The van der Waals surface area contributed by atoms with Gasteiger partial charge >= 0.3 is 0 Å². The molecule has 1 rings (SSSR count). The Morgan fingerprint density at radius 3 is 2.80 bits per heavy atom. The zero-order valence-electron chi connectivity index (χ0n) is 6.59. The Kier molecular flexibility index (Phi) is 2.20. The topological polar surface area (TPSA) is 18.5 Å². The summed E-state index contributed by atoms with van der Waals surface area (Å²) in [6, 6.07) is 0. The number of ether oxygens (including phenoxy) is 2. The lowest BCUT2D eigenvalue weighted by Crippen LogP contribution is -2.27. The number of hydrogen-bond acceptors (Lipinski definition) is 2. The molecule has 2 heteroatoms. The van der Waals surface area contributed by atoms with Crippen LogP contribution in [0.15, 0.2) is 12.5 Å². The molecule has 0 bridgehead atoms. The maximum atomic E-state index is 5.29. The Morgan fingerprint density at radius 1 is 1.60 bits per heavy atom. The van der Waals surface area contributed by atoms with Gasteiger partial charge in [0.2, 0.25) is 0 Å². The van der Waals surface area contributed by atoms with Gasteiger partial charge in [0.05, 0.1) is 0 Å². The molecule has 1 aliphatic heterocycles. The molecule has 0 radical (unpaired) electrons. The summed E-state index contributed by atoms with van der Waals surface area (Å²) in [5, 5.41) is 0. The fourth-order valence-electron chi connectivity index (χ4n) is 1.15. The van der Waals surface area contributed by atoms with Crippen LogP contribution in [0.25, 0.3) is 0 Å². The minimum atomic E-state index is 0.270. The first kappa shape index (κ1) is 7.45. The van der Waals surface area contributed by atoms with Crippen LogP contribution in [0, 0.1) is 0 Å². The van der Waals surface area contributed by atoms with E-state index in [0.29, 0.717) is 12.0 Å². The van der Waals surface area contributed by atoms with Crippen molar-refractivity contribution in [2.24, 2.45) is 0 Å². The summed E-state index contributed by atoms with van der Waals surface area (Å²) >= 11 is 0. The van der Waals surface area contributed by atoms with E-state index in [2.05, 4.69) is 13.5 Å². The predicted molar refractivity (Wildman–Crippen MR) is 39.5 cm³/mol. The van der Waals surface area contributed by atoms with Crippen LogP contribution < -0.4 is 0 Å². The Hall–Kier alpha value is -0.660. The molecular weight excluding hydrogens is 128 g/mol. The third-order valence-electron chi connectivity index (χ3n) is 1.68. The lowest BCUT2D eigenvalue weighted by molar-refractivity contribution is -0.0979. The van der Waals surface area contributed by atoms with Crippen LogP contribution in [0.5, 0.6) is 0 Å². The number of hydrogen-bond donors (Lipinski definition) is 0. The third-order valence-corrected chi connectivity index (χ3v) is 1.68. The quantitative estimate of drug-likeness (QED) is 0.558. The zero-order valence-corrected chi connectivity index (χ0v) is 6.59. The lowest BCUT2D eigenvalue weighted by Gasteiger charge is -2.29. The summed E-state index contributed by atoms with van der Waals surface area (Å²) in [6.07, 6.45) is 2.60. The van der Waals surface area contributed by atoms with Crippen molar-refractivity contribution in [1.82, 2.24) is 0 Å². The Balaban J connectivity index is 2.42. The molecule has 0 N–H and O–H groups in total.